The monoisotopic (exact) mass is 225 g/mol. The smallest absolute Gasteiger partial charge is 0.149 e. The van der Waals surface area contributed by atoms with Crippen LogP contribution in [-0.2, 0) is 0 Å². The van der Waals surface area contributed by atoms with E-state index in [0.717, 1.165) is 12.4 Å². The number of aromatic nitrogens is 2. The molecule has 1 fully saturated rings. The van der Waals surface area contributed by atoms with Gasteiger partial charge in [-0.1, -0.05) is 24.4 Å². The average Bonchev–Trinajstić information content (AvgIpc) is 2.43. The largest absolute Gasteiger partial charge is 0.353 e. The Morgan fingerprint density at radius 2 is 2.20 bits per heavy atom. The Morgan fingerprint density at radius 1 is 1.33 bits per heavy atom. The molecular formula is C11H16ClN3. The molecule has 1 aromatic rings. The zero-order valence-corrected chi connectivity index (χ0v) is 9.74. The molecule has 1 aromatic heterocycles. The van der Waals surface area contributed by atoms with Gasteiger partial charge in [-0.05, 0) is 19.8 Å². The van der Waals surface area contributed by atoms with Crippen LogP contribution in [0.5, 0.6) is 0 Å². The molecule has 15 heavy (non-hydrogen) atoms. The number of halogens is 1. The fourth-order valence-electron chi connectivity index (χ4n) is 2.09. The summed E-state index contributed by atoms with van der Waals surface area (Å²) >= 11 is 5.85. The Kier molecular flexibility index (Phi) is 3.41. The molecule has 3 nitrogen and oxygen atoms in total. The molecule has 4 heteroatoms. The third kappa shape index (κ3) is 2.59. The number of anilines is 1. The summed E-state index contributed by atoms with van der Waals surface area (Å²) in [5.74, 6) is 0.914. The van der Waals surface area contributed by atoms with Crippen molar-refractivity contribution in [2.75, 3.05) is 11.4 Å². The van der Waals surface area contributed by atoms with Crippen LogP contribution in [0.2, 0.25) is 5.15 Å². The van der Waals surface area contributed by atoms with Crippen LogP contribution < -0.4 is 4.90 Å². The van der Waals surface area contributed by atoms with Gasteiger partial charge in [0.1, 0.15) is 11.0 Å². The van der Waals surface area contributed by atoms with E-state index in [1.807, 2.05) is 0 Å². The fourth-order valence-corrected chi connectivity index (χ4v) is 2.23. The summed E-state index contributed by atoms with van der Waals surface area (Å²) < 4.78 is 0. The van der Waals surface area contributed by atoms with Crippen molar-refractivity contribution in [1.29, 1.82) is 0 Å². The molecular weight excluding hydrogens is 210 g/mol. The third-order valence-electron chi connectivity index (χ3n) is 2.94. The lowest BCUT2D eigenvalue weighted by Gasteiger charge is -2.27. The van der Waals surface area contributed by atoms with E-state index < -0.39 is 0 Å². The minimum absolute atomic E-state index is 0.476. The standard InChI is InChI=1S/C11H16ClN3/c1-9-5-3-2-4-6-15(9)11-8-13-7-10(12)14-11/h7-9H,2-6H2,1H3. The van der Waals surface area contributed by atoms with E-state index in [1.54, 1.807) is 12.4 Å². The van der Waals surface area contributed by atoms with Gasteiger partial charge in [0.25, 0.3) is 0 Å². The highest BCUT2D eigenvalue weighted by molar-refractivity contribution is 6.29. The molecule has 0 aliphatic carbocycles. The lowest BCUT2D eigenvalue weighted by Crippen LogP contribution is -2.33. The Morgan fingerprint density at radius 3 is 3.00 bits per heavy atom. The van der Waals surface area contributed by atoms with Crippen molar-refractivity contribution in [2.24, 2.45) is 0 Å². The Hall–Kier alpha value is -0.830. The molecule has 0 amide bonds. The summed E-state index contributed by atoms with van der Waals surface area (Å²) in [6, 6.07) is 0.542. The van der Waals surface area contributed by atoms with Crippen molar-refractivity contribution in [3.05, 3.63) is 17.5 Å². The molecule has 1 unspecified atom stereocenters. The van der Waals surface area contributed by atoms with Gasteiger partial charge in [0, 0.05) is 12.6 Å². The molecule has 0 spiro atoms. The highest BCUT2D eigenvalue weighted by Crippen LogP contribution is 2.22. The van der Waals surface area contributed by atoms with Crippen LogP contribution in [0, 0.1) is 0 Å². The lowest BCUT2D eigenvalue weighted by atomic mass is 10.1. The van der Waals surface area contributed by atoms with E-state index in [-0.39, 0.29) is 0 Å². The molecule has 1 atom stereocenters. The Balaban J connectivity index is 2.20. The molecule has 2 heterocycles. The maximum absolute atomic E-state index is 5.85. The maximum Gasteiger partial charge on any atom is 0.149 e. The molecule has 1 aliphatic rings. The predicted octanol–water partition coefficient (Wildman–Crippen LogP) is 2.90. The summed E-state index contributed by atoms with van der Waals surface area (Å²) in [6.45, 7) is 3.31. The van der Waals surface area contributed by atoms with Gasteiger partial charge in [-0.15, -0.1) is 0 Å². The number of hydrogen-bond donors (Lipinski definition) is 0. The van der Waals surface area contributed by atoms with Crippen molar-refractivity contribution in [2.45, 2.75) is 38.6 Å². The highest BCUT2D eigenvalue weighted by Gasteiger charge is 2.18. The van der Waals surface area contributed by atoms with E-state index in [0.29, 0.717) is 11.2 Å². The second kappa shape index (κ2) is 4.79. The van der Waals surface area contributed by atoms with Crippen LogP contribution in [0.25, 0.3) is 0 Å². The Labute approximate surface area is 95.5 Å². The van der Waals surface area contributed by atoms with Crippen LogP contribution in [0.15, 0.2) is 12.4 Å². The zero-order valence-electron chi connectivity index (χ0n) is 8.99. The fraction of sp³-hybridized carbons (Fsp3) is 0.636. The zero-order chi connectivity index (χ0) is 10.7. The van der Waals surface area contributed by atoms with Crippen molar-refractivity contribution in [1.82, 2.24) is 9.97 Å². The molecule has 2 rings (SSSR count). The molecule has 0 radical (unpaired) electrons. The van der Waals surface area contributed by atoms with Gasteiger partial charge in [-0.3, -0.25) is 4.98 Å². The molecule has 0 aromatic carbocycles. The summed E-state index contributed by atoms with van der Waals surface area (Å²) in [4.78, 5) is 10.7. The second-order valence-electron chi connectivity index (χ2n) is 4.09. The first-order valence-corrected chi connectivity index (χ1v) is 5.89. The molecule has 0 N–H and O–H groups in total. The normalized spacial score (nSPS) is 22.5. The number of rotatable bonds is 1. The van der Waals surface area contributed by atoms with E-state index >= 15 is 0 Å². The third-order valence-corrected chi connectivity index (χ3v) is 3.12. The van der Waals surface area contributed by atoms with E-state index in [2.05, 4.69) is 21.8 Å². The van der Waals surface area contributed by atoms with Crippen molar-refractivity contribution in [3.8, 4) is 0 Å². The van der Waals surface area contributed by atoms with Crippen molar-refractivity contribution >= 4 is 17.4 Å². The lowest BCUT2D eigenvalue weighted by molar-refractivity contribution is 0.610. The van der Waals surface area contributed by atoms with Gasteiger partial charge >= 0.3 is 0 Å². The molecule has 1 saturated heterocycles. The van der Waals surface area contributed by atoms with Gasteiger partial charge in [0.15, 0.2) is 0 Å². The summed E-state index contributed by atoms with van der Waals surface area (Å²) in [7, 11) is 0. The van der Waals surface area contributed by atoms with Crippen LogP contribution in [-0.4, -0.2) is 22.6 Å². The summed E-state index contributed by atoms with van der Waals surface area (Å²) in [5, 5.41) is 0.476. The van der Waals surface area contributed by atoms with Crippen molar-refractivity contribution < 1.29 is 0 Å². The van der Waals surface area contributed by atoms with E-state index in [9.17, 15) is 0 Å². The summed E-state index contributed by atoms with van der Waals surface area (Å²) in [6.07, 6.45) is 8.47. The number of hydrogen-bond acceptors (Lipinski definition) is 3. The van der Waals surface area contributed by atoms with Gasteiger partial charge in [-0.2, -0.15) is 0 Å². The molecule has 82 valence electrons. The first kappa shape index (κ1) is 10.7. The number of nitrogens with zero attached hydrogens (tertiary/aromatic N) is 3. The van der Waals surface area contributed by atoms with Crippen LogP contribution in [0.3, 0.4) is 0 Å². The van der Waals surface area contributed by atoms with Crippen LogP contribution >= 0.6 is 11.6 Å². The first-order chi connectivity index (χ1) is 7.27. The maximum atomic E-state index is 5.85. The van der Waals surface area contributed by atoms with Gasteiger partial charge < -0.3 is 4.90 Å². The van der Waals surface area contributed by atoms with Crippen molar-refractivity contribution in [3.63, 3.8) is 0 Å². The molecule has 0 saturated carbocycles. The highest BCUT2D eigenvalue weighted by atomic mass is 35.5. The Bertz CT molecular complexity index is 329. The second-order valence-corrected chi connectivity index (χ2v) is 4.48. The van der Waals surface area contributed by atoms with E-state index in [1.165, 1.54) is 25.7 Å². The van der Waals surface area contributed by atoms with E-state index in [4.69, 9.17) is 11.6 Å². The topological polar surface area (TPSA) is 29.0 Å². The van der Waals surface area contributed by atoms with Crippen LogP contribution in [0.4, 0.5) is 5.82 Å². The minimum atomic E-state index is 0.476. The predicted molar refractivity (Wildman–Crippen MR) is 62.3 cm³/mol. The van der Waals surface area contributed by atoms with Gasteiger partial charge in [0.05, 0.1) is 12.4 Å². The molecule has 1 aliphatic heterocycles. The average molecular weight is 226 g/mol. The van der Waals surface area contributed by atoms with Crippen LogP contribution in [0.1, 0.15) is 32.6 Å². The molecule has 0 bridgehead atoms. The SMILES string of the molecule is CC1CCCCCN1c1cncc(Cl)n1. The van der Waals surface area contributed by atoms with Gasteiger partial charge in [0.2, 0.25) is 0 Å². The minimum Gasteiger partial charge on any atom is -0.353 e. The summed E-state index contributed by atoms with van der Waals surface area (Å²) in [5.41, 5.74) is 0. The first-order valence-electron chi connectivity index (χ1n) is 5.51. The van der Waals surface area contributed by atoms with Gasteiger partial charge in [-0.25, -0.2) is 4.98 Å². The quantitative estimate of drug-likeness (QED) is 0.736.